The van der Waals surface area contributed by atoms with Crippen molar-refractivity contribution in [3.8, 4) is 0 Å². The molecule has 5 aromatic carbocycles. The molecule has 0 spiro atoms. The van der Waals surface area contributed by atoms with E-state index in [0.717, 1.165) is 41.9 Å². The van der Waals surface area contributed by atoms with Gasteiger partial charge in [-0.1, -0.05) is 214 Å². The predicted molar refractivity (Wildman–Crippen MR) is 382 cm³/mol. The topological polar surface area (TPSA) is 300 Å². The first-order chi connectivity index (χ1) is 45.2. The van der Waals surface area contributed by atoms with Crippen LogP contribution in [0, 0.1) is 5.92 Å². The monoisotopic (exact) mass is 1390 g/mol. The van der Waals surface area contributed by atoms with Crippen LogP contribution in [0.3, 0.4) is 0 Å². The molecule has 21 nitrogen and oxygen atoms in total. The van der Waals surface area contributed by atoms with Gasteiger partial charge in [0.05, 0.1) is 0 Å². The van der Waals surface area contributed by atoms with Crippen LogP contribution >= 0.6 is 0 Å². The van der Waals surface area contributed by atoms with Gasteiger partial charge in [0.1, 0.15) is 48.4 Å². The van der Waals surface area contributed by atoms with Gasteiger partial charge in [0.15, 0.2) is 12.2 Å². The van der Waals surface area contributed by atoms with Crippen molar-refractivity contribution in [3.63, 3.8) is 0 Å². The first-order valence-electron chi connectivity index (χ1n) is 32.5. The van der Waals surface area contributed by atoms with E-state index >= 15 is 0 Å². The van der Waals surface area contributed by atoms with E-state index in [9.17, 15) is 38.4 Å². The molecule has 1 saturated heterocycles. The number of aliphatic hydroxyl groups excluding tert-OH is 2. The van der Waals surface area contributed by atoms with Crippen LogP contribution in [-0.2, 0) is 94.4 Å². The van der Waals surface area contributed by atoms with Gasteiger partial charge in [0, 0.05) is 38.6 Å². The van der Waals surface area contributed by atoms with Crippen LogP contribution in [0.5, 0.6) is 0 Å². The van der Waals surface area contributed by atoms with E-state index in [1.54, 1.807) is 79.7 Å². The number of carbonyl (C=O) groups is 8. The Bertz CT molecular complexity index is 2990. The molecule has 6 rings (SSSR count). The SMILES string of the molecule is C1CCOC1.CC(=O)C(C)Cc1ccccc1.CC(O)C(=O)OCc1ccccc1.CC(OC(=O)C(Cc1ccccc1)NC(=O)OC(C)(C)C)C(=O)O.CC(OC(=O)C(Cc1ccccc1)NC(=O)OC(C)(C)C)C(=O)OCc1ccccc1.CCO.C[Si](C)(C)[N-][Si](C)(C)C.[Li+]. The number of aliphatic hydroxyl groups is 2. The predicted octanol–water partition coefficient (Wildman–Crippen LogP) is 10.3. The van der Waals surface area contributed by atoms with E-state index in [0.29, 0.717) is 0 Å². The fourth-order valence-corrected chi connectivity index (χ4v) is 16.0. The maximum atomic E-state index is 12.7. The van der Waals surface area contributed by atoms with E-state index in [1.807, 2.05) is 122 Å². The van der Waals surface area contributed by atoms with E-state index in [-0.39, 0.29) is 63.2 Å². The summed E-state index contributed by atoms with van der Waals surface area (Å²) in [6.07, 6.45) is -1.26. The summed E-state index contributed by atoms with van der Waals surface area (Å²) in [5.74, 6) is -3.71. The number of carbonyl (C=O) groups excluding carboxylic acids is 7. The number of nitrogens with zero attached hydrogens (tertiary/aromatic N) is 1. The molecular formula is C74H110LiN3O18Si2. The average molecular weight is 1390 g/mol. The van der Waals surface area contributed by atoms with Gasteiger partial charge in [-0.2, -0.15) is 0 Å². The molecule has 0 saturated carbocycles. The van der Waals surface area contributed by atoms with Crippen molar-refractivity contribution in [2.24, 2.45) is 5.92 Å². The largest absolute Gasteiger partial charge is 1.00 e. The smallest absolute Gasteiger partial charge is 0.668 e. The van der Waals surface area contributed by atoms with Crippen LogP contribution in [-0.4, -0.2) is 141 Å². The summed E-state index contributed by atoms with van der Waals surface area (Å²) in [6, 6.07) is 44.7. The molecule has 2 amide bonds. The quantitative estimate of drug-likeness (QED) is 0.0244. The zero-order chi connectivity index (χ0) is 73.8. The summed E-state index contributed by atoms with van der Waals surface area (Å²) < 4.78 is 40.3. The van der Waals surface area contributed by atoms with Gasteiger partial charge in [-0.15, -0.1) is 0 Å². The van der Waals surface area contributed by atoms with E-state index in [2.05, 4.69) is 62.0 Å². The molecule has 98 heavy (non-hydrogen) atoms. The third-order valence-corrected chi connectivity index (χ3v) is 17.5. The Morgan fingerprint density at radius 3 is 1.05 bits per heavy atom. The Morgan fingerprint density at radius 2 is 0.796 bits per heavy atom. The van der Waals surface area contributed by atoms with Crippen molar-refractivity contribution in [3.05, 3.63) is 184 Å². The molecule has 5 N–H and O–H groups in total. The minimum absolute atomic E-state index is 0. The summed E-state index contributed by atoms with van der Waals surface area (Å²) in [4.78, 5) is 93.9. The number of ketones is 1. The molecule has 538 valence electrons. The summed E-state index contributed by atoms with van der Waals surface area (Å²) >= 11 is 0. The van der Waals surface area contributed by atoms with Gasteiger partial charge in [-0.3, -0.25) is 4.79 Å². The molecule has 6 atom stereocenters. The molecule has 1 heterocycles. The molecule has 0 aromatic heterocycles. The number of hydrogen-bond donors (Lipinski definition) is 5. The third kappa shape index (κ3) is 50.8. The van der Waals surface area contributed by atoms with Crippen molar-refractivity contribution >= 4 is 64.3 Å². The van der Waals surface area contributed by atoms with Crippen molar-refractivity contribution in [2.75, 3.05) is 19.8 Å². The fraction of sp³-hybridized carbons (Fsp3) is 0.486. The molecule has 24 heteroatoms. The summed E-state index contributed by atoms with van der Waals surface area (Å²) in [5, 5.41) is 30.2. The van der Waals surface area contributed by atoms with Crippen LogP contribution in [0.1, 0.15) is 124 Å². The Morgan fingerprint density at radius 1 is 0.500 bits per heavy atom. The molecular weight excluding hydrogens is 1280 g/mol. The number of nitrogens with one attached hydrogen (secondary N) is 2. The van der Waals surface area contributed by atoms with Crippen LogP contribution in [0.25, 0.3) is 4.65 Å². The zero-order valence-corrected chi connectivity index (χ0v) is 63.4. The number of amides is 2. The second kappa shape index (κ2) is 49.9. The first kappa shape index (κ1) is 92.6. The fourth-order valence-electron chi connectivity index (χ4n) is 7.92. The van der Waals surface area contributed by atoms with E-state index < -0.39 is 100 Å². The minimum atomic E-state index is -1.31. The van der Waals surface area contributed by atoms with Crippen LogP contribution in [0.15, 0.2) is 152 Å². The average Bonchev–Trinajstić information content (AvgIpc) is 1.05. The number of ether oxygens (including phenoxy) is 7. The molecule has 5 aromatic rings. The normalized spacial score (nSPS) is 13.2. The Kier molecular flexibility index (Phi) is 47.2. The second-order valence-corrected chi connectivity index (χ2v) is 36.0. The molecule has 1 aliphatic rings. The van der Waals surface area contributed by atoms with Crippen LogP contribution < -0.4 is 29.5 Å². The van der Waals surface area contributed by atoms with E-state index in [1.165, 1.54) is 39.2 Å². The van der Waals surface area contributed by atoms with Gasteiger partial charge in [-0.05, 0) is 123 Å². The molecule has 6 unspecified atom stereocenters. The standard InChI is InChI=1S/C24H29NO6.C17H23NO6.C11H14O.C10H12O3.C6H18NSi2.C4H8O.C2H6O.Li/c1-17(21(26)29-16-19-13-9-6-10-14-19)30-22(27)20(15-18-11-7-5-8-12-18)25-23(28)31-24(2,3)4;1-11(14(19)20)23-15(21)13(10-12-8-6-5-7-9-12)18-16(22)24-17(2,3)4;1-9(10(2)12)8-11-6-4-3-5-7-11;1-8(11)10(12)13-7-9-5-3-2-4-6-9;1-8(2,3)7-9(4,5)6;1-2-4-5-3-1;1-2-3;/h5-14,17,20H,15-16H2,1-4H3,(H,25,28);5-9,11,13H,10H2,1-4H3,(H,18,22)(H,19,20);3-7,9H,8H2,1-2H3;2-6,8,11H,7H2,1H3;1-6H3;1-4H2;3H,2H2,1H3;/q;;;;-1;;;+1. The Balaban J connectivity index is 0. The van der Waals surface area contributed by atoms with Crippen molar-refractivity contribution in [1.29, 1.82) is 0 Å². The number of benzene rings is 5. The Labute approximate surface area is 596 Å². The molecule has 0 radical (unpaired) electrons. The minimum Gasteiger partial charge on any atom is -0.668 e. The van der Waals surface area contributed by atoms with E-state index in [4.69, 9.17) is 53.1 Å². The second-order valence-electron chi connectivity index (χ2n) is 26.4. The van der Waals surface area contributed by atoms with Crippen molar-refractivity contribution in [2.45, 2.75) is 209 Å². The summed E-state index contributed by atoms with van der Waals surface area (Å²) in [5.41, 5.74) is 3.14. The molecule has 0 bridgehead atoms. The van der Waals surface area contributed by atoms with Gasteiger partial charge < -0.3 is 63.8 Å². The number of Topliss-reactive ketones (excluding diaryl/α,β-unsaturated/α-hetero) is 1. The molecule has 1 aliphatic heterocycles. The van der Waals surface area contributed by atoms with Crippen molar-refractivity contribution in [1.82, 2.24) is 10.6 Å². The first-order valence-corrected chi connectivity index (χ1v) is 39.4. The number of hydrogen-bond acceptors (Lipinski definition) is 17. The number of rotatable bonds is 22. The van der Waals surface area contributed by atoms with Gasteiger partial charge in [0.25, 0.3) is 0 Å². The Hall–Kier alpha value is -7.47. The third-order valence-electron chi connectivity index (χ3n) is 12.1. The maximum absolute atomic E-state index is 12.7. The number of alkyl carbamates (subject to hydrolysis) is 2. The zero-order valence-electron chi connectivity index (χ0n) is 61.4. The molecule has 1 fully saturated rings. The number of esters is 4. The summed E-state index contributed by atoms with van der Waals surface area (Å²) in [7, 11) is -2.21. The summed E-state index contributed by atoms with van der Waals surface area (Å²) in [6.45, 7) is 35.9. The maximum Gasteiger partial charge on any atom is 1.00 e. The number of carboxylic acid groups (broad SMARTS) is 1. The van der Waals surface area contributed by atoms with Crippen LogP contribution in [0.4, 0.5) is 9.59 Å². The van der Waals surface area contributed by atoms with Gasteiger partial charge in [0.2, 0.25) is 0 Å². The number of carboxylic acids is 1. The van der Waals surface area contributed by atoms with Crippen LogP contribution in [0.2, 0.25) is 39.3 Å². The van der Waals surface area contributed by atoms with Gasteiger partial charge in [-0.25, -0.2) is 33.6 Å². The molecule has 0 aliphatic carbocycles. The van der Waals surface area contributed by atoms with Crippen molar-refractivity contribution < 1.29 is 106 Å². The number of aliphatic carboxylic acids is 1. The van der Waals surface area contributed by atoms with Gasteiger partial charge >= 0.3 is 60.9 Å².